The van der Waals surface area contributed by atoms with Crippen LogP contribution in [0.5, 0.6) is 5.88 Å². The highest BCUT2D eigenvalue weighted by molar-refractivity contribution is 7.90. The van der Waals surface area contributed by atoms with Gasteiger partial charge in [0.1, 0.15) is 5.52 Å². The maximum Gasteiger partial charge on any atom is 0.234 e. The molecule has 1 aliphatic rings. The van der Waals surface area contributed by atoms with Crippen molar-refractivity contribution in [1.82, 2.24) is 15.0 Å². The molecule has 0 saturated carbocycles. The minimum absolute atomic E-state index is 0.0239. The lowest BCUT2D eigenvalue weighted by atomic mass is 9.83. The number of nitrogens with zero attached hydrogens (tertiary/aromatic N) is 2. The van der Waals surface area contributed by atoms with Crippen LogP contribution in [0.15, 0.2) is 41.4 Å². The first-order valence-corrected chi connectivity index (χ1v) is 12.6. The lowest BCUT2D eigenvalue weighted by molar-refractivity contribution is 0.0626. The van der Waals surface area contributed by atoms with E-state index >= 15 is 0 Å². The molecular weight excluding hydrogens is 414 g/mol. The Morgan fingerprint density at radius 3 is 2.55 bits per heavy atom. The van der Waals surface area contributed by atoms with Crippen LogP contribution in [0.4, 0.5) is 0 Å². The monoisotopic (exact) mass is 443 g/mol. The van der Waals surface area contributed by atoms with Gasteiger partial charge in [-0.2, -0.15) is 4.98 Å². The molecule has 166 valence electrons. The van der Waals surface area contributed by atoms with Crippen LogP contribution in [0.3, 0.4) is 0 Å². The van der Waals surface area contributed by atoms with E-state index in [4.69, 9.17) is 9.47 Å². The lowest BCUT2D eigenvalue weighted by Gasteiger charge is -2.26. The second kappa shape index (κ2) is 8.96. The molecule has 3 heterocycles. The van der Waals surface area contributed by atoms with Crippen molar-refractivity contribution in [2.24, 2.45) is 5.92 Å². The summed E-state index contributed by atoms with van der Waals surface area (Å²) in [5.41, 5.74) is 3.58. The van der Waals surface area contributed by atoms with Crippen LogP contribution in [0.2, 0.25) is 0 Å². The van der Waals surface area contributed by atoms with Gasteiger partial charge in [0.25, 0.3) is 0 Å². The summed E-state index contributed by atoms with van der Waals surface area (Å²) in [6, 6.07) is 9.25. The zero-order chi connectivity index (χ0) is 22.0. The normalized spacial score (nSPS) is 16.6. The number of hydrogen-bond donors (Lipinski definition) is 1. The van der Waals surface area contributed by atoms with Gasteiger partial charge in [0, 0.05) is 31.1 Å². The fraction of sp³-hybridized carbons (Fsp3) is 0.478. The number of fused-ring (bicyclic) bond motifs is 1. The van der Waals surface area contributed by atoms with Crippen LogP contribution in [-0.4, -0.2) is 48.9 Å². The highest BCUT2D eigenvalue weighted by Gasteiger charge is 2.24. The van der Waals surface area contributed by atoms with Crippen molar-refractivity contribution in [3.05, 3.63) is 47.8 Å². The Kier molecular flexibility index (Phi) is 6.29. The van der Waals surface area contributed by atoms with Crippen molar-refractivity contribution in [3.63, 3.8) is 0 Å². The number of benzene rings is 1. The van der Waals surface area contributed by atoms with Gasteiger partial charge in [0.2, 0.25) is 5.88 Å². The number of sulfone groups is 1. The molecule has 1 atom stereocenters. The fourth-order valence-electron chi connectivity index (χ4n) is 4.09. The molecule has 0 bridgehead atoms. The number of aromatic nitrogens is 3. The third-order valence-electron chi connectivity index (χ3n) is 5.69. The van der Waals surface area contributed by atoms with E-state index in [1.807, 2.05) is 32.0 Å². The number of aromatic amines is 1. The van der Waals surface area contributed by atoms with Crippen LogP contribution in [-0.2, 0) is 14.6 Å². The average Bonchev–Trinajstić information content (AvgIpc) is 3.15. The number of ether oxygens (including phenoxy) is 2. The quantitative estimate of drug-likeness (QED) is 0.591. The van der Waals surface area contributed by atoms with E-state index in [-0.39, 0.29) is 12.0 Å². The minimum Gasteiger partial charge on any atom is -0.474 e. The summed E-state index contributed by atoms with van der Waals surface area (Å²) in [6.45, 7) is 5.48. The lowest BCUT2D eigenvalue weighted by Crippen LogP contribution is -2.18. The zero-order valence-corrected chi connectivity index (χ0v) is 19.0. The number of H-pyrrole nitrogens is 1. The second-order valence-electron chi connectivity index (χ2n) is 8.52. The van der Waals surface area contributed by atoms with Gasteiger partial charge in [-0.3, -0.25) is 0 Å². The standard InChI is InChI=1S/C23H29N3O4S/c1-15(2)30-22-14-24-21-13-20(25-23(21)26-22)19(12-16-8-10-29-11-9-16)17-4-6-18(7-5-17)31(3,27)28/h4-7,13-16,19H,8-12H2,1-3H3,(H,25,26). The summed E-state index contributed by atoms with van der Waals surface area (Å²) in [6.07, 6.45) is 5.91. The van der Waals surface area contributed by atoms with Gasteiger partial charge in [-0.05, 0) is 62.8 Å². The molecule has 1 fully saturated rings. The second-order valence-corrected chi connectivity index (χ2v) is 10.5. The Morgan fingerprint density at radius 1 is 1.19 bits per heavy atom. The van der Waals surface area contributed by atoms with Gasteiger partial charge in [0.15, 0.2) is 15.5 Å². The third kappa shape index (κ3) is 5.25. The van der Waals surface area contributed by atoms with Crippen LogP contribution in [0.25, 0.3) is 11.2 Å². The van der Waals surface area contributed by atoms with Gasteiger partial charge in [0.05, 0.1) is 17.2 Å². The van der Waals surface area contributed by atoms with Crippen molar-refractivity contribution in [2.45, 2.75) is 50.0 Å². The van der Waals surface area contributed by atoms with E-state index in [1.165, 1.54) is 6.26 Å². The van der Waals surface area contributed by atoms with Gasteiger partial charge in [-0.25, -0.2) is 13.4 Å². The first kappa shape index (κ1) is 21.8. The molecule has 1 N–H and O–H groups in total. The van der Waals surface area contributed by atoms with Crippen molar-refractivity contribution >= 4 is 21.0 Å². The smallest absolute Gasteiger partial charge is 0.234 e. The molecule has 2 aromatic heterocycles. The van der Waals surface area contributed by atoms with E-state index in [2.05, 4.69) is 15.0 Å². The largest absolute Gasteiger partial charge is 0.474 e. The molecule has 1 aliphatic heterocycles. The molecule has 7 nitrogen and oxygen atoms in total. The van der Waals surface area contributed by atoms with Gasteiger partial charge in [-0.1, -0.05) is 12.1 Å². The van der Waals surface area contributed by atoms with Crippen LogP contribution >= 0.6 is 0 Å². The third-order valence-corrected chi connectivity index (χ3v) is 6.81. The van der Waals surface area contributed by atoms with Crippen LogP contribution in [0.1, 0.15) is 50.3 Å². The molecule has 1 unspecified atom stereocenters. The summed E-state index contributed by atoms with van der Waals surface area (Å²) < 4.78 is 35.0. The van der Waals surface area contributed by atoms with Crippen molar-refractivity contribution in [2.75, 3.05) is 19.5 Å². The SMILES string of the molecule is CC(C)Oc1cnc2cc(C(CC3CCOCC3)c3ccc(S(C)(=O)=O)cc3)[nH]c2n1. The molecule has 1 saturated heterocycles. The Balaban J connectivity index is 1.69. The van der Waals surface area contributed by atoms with Crippen molar-refractivity contribution < 1.29 is 17.9 Å². The molecule has 0 amide bonds. The summed E-state index contributed by atoms with van der Waals surface area (Å²) in [7, 11) is -3.23. The molecule has 0 spiro atoms. The average molecular weight is 444 g/mol. The van der Waals surface area contributed by atoms with Gasteiger partial charge < -0.3 is 14.5 Å². The number of hydrogen-bond acceptors (Lipinski definition) is 6. The molecule has 3 aromatic rings. The predicted octanol–water partition coefficient (Wildman–Crippen LogP) is 4.10. The molecule has 0 aliphatic carbocycles. The molecule has 4 rings (SSSR count). The van der Waals surface area contributed by atoms with Crippen molar-refractivity contribution in [3.8, 4) is 5.88 Å². The topological polar surface area (TPSA) is 94.2 Å². The highest BCUT2D eigenvalue weighted by Crippen LogP contribution is 2.35. The first-order chi connectivity index (χ1) is 14.8. The summed E-state index contributed by atoms with van der Waals surface area (Å²) in [5, 5.41) is 0. The molecule has 0 radical (unpaired) electrons. The van der Waals surface area contributed by atoms with Gasteiger partial charge >= 0.3 is 0 Å². The number of nitrogens with one attached hydrogen (secondary N) is 1. The van der Waals surface area contributed by atoms with Crippen molar-refractivity contribution in [1.29, 1.82) is 0 Å². The Hall–Kier alpha value is -2.45. The van der Waals surface area contributed by atoms with E-state index in [0.29, 0.717) is 22.3 Å². The summed E-state index contributed by atoms with van der Waals surface area (Å²) in [4.78, 5) is 12.8. The van der Waals surface area contributed by atoms with E-state index < -0.39 is 9.84 Å². The number of rotatable bonds is 7. The summed E-state index contributed by atoms with van der Waals surface area (Å²) in [5.74, 6) is 1.12. The van der Waals surface area contributed by atoms with E-state index in [0.717, 1.165) is 49.3 Å². The van der Waals surface area contributed by atoms with Crippen LogP contribution < -0.4 is 4.74 Å². The molecule has 8 heteroatoms. The summed E-state index contributed by atoms with van der Waals surface area (Å²) >= 11 is 0. The maximum absolute atomic E-state index is 11.9. The Labute approximate surface area is 183 Å². The minimum atomic E-state index is -3.23. The Bertz CT molecular complexity index is 1130. The Morgan fingerprint density at radius 2 is 1.90 bits per heavy atom. The fourth-order valence-corrected chi connectivity index (χ4v) is 4.72. The molecule has 31 heavy (non-hydrogen) atoms. The zero-order valence-electron chi connectivity index (χ0n) is 18.2. The molecular formula is C23H29N3O4S. The maximum atomic E-state index is 11.9. The highest BCUT2D eigenvalue weighted by atomic mass is 32.2. The first-order valence-electron chi connectivity index (χ1n) is 10.7. The molecule has 1 aromatic carbocycles. The predicted molar refractivity (Wildman–Crippen MR) is 119 cm³/mol. The van der Waals surface area contributed by atoms with Crippen LogP contribution in [0, 0.1) is 5.92 Å². The van der Waals surface area contributed by atoms with E-state index in [9.17, 15) is 8.42 Å². The van der Waals surface area contributed by atoms with E-state index in [1.54, 1.807) is 18.3 Å². The van der Waals surface area contributed by atoms with Gasteiger partial charge in [-0.15, -0.1) is 0 Å².